The highest BCUT2D eigenvalue weighted by atomic mass is 15.1. The maximum Gasteiger partial charge on any atom is 0.0998 e. The minimum absolute atomic E-state index is 0.552. The lowest BCUT2D eigenvalue weighted by molar-refractivity contribution is 1.09. The number of nitrogens with zero attached hydrogens (tertiary/aromatic N) is 4. The average Bonchev–Trinajstić information content (AvgIpc) is 3.59. The van der Waals surface area contributed by atoms with Crippen molar-refractivity contribution in [1.82, 2.24) is 9.13 Å². The number of rotatable bonds is 3. The summed E-state index contributed by atoms with van der Waals surface area (Å²) in [7, 11) is 0. The molecule has 2 heterocycles. The SMILES string of the molecule is Cc1cccc2c3ccccc3n(-c3cc(C#N)c(-c4cccc(C#N)c4)cc3-n3c4ccccc4c4cccc(C)c43)c12. The Morgan fingerprint density at radius 1 is 0.500 bits per heavy atom. The molecule has 0 bridgehead atoms. The summed E-state index contributed by atoms with van der Waals surface area (Å²) in [6, 6.07) is 46.3. The van der Waals surface area contributed by atoms with Gasteiger partial charge in [0, 0.05) is 27.1 Å². The molecule has 0 aliphatic rings. The van der Waals surface area contributed by atoms with E-state index in [0.29, 0.717) is 11.1 Å². The van der Waals surface area contributed by atoms with E-state index in [1.54, 1.807) is 6.07 Å². The van der Waals surface area contributed by atoms with Gasteiger partial charge in [0.2, 0.25) is 0 Å². The number of hydrogen-bond donors (Lipinski definition) is 0. The van der Waals surface area contributed by atoms with Crippen LogP contribution in [-0.2, 0) is 0 Å². The molecule has 6 aromatic carbocycles. The molecule has 0 radical (unpaired) electrons. The molecule has 0 unspecified atom stereocenters. The molecule has 4 heteroatoms. The van der Waals surface area contributed by atoms with E-state index in [1.807, 2.05) is 24.3 Å². The quantitative estimate of drug-likeness (QED) is 0.215. The van der Waals surface area contributed by atoms with E-state index < -0.39 is 0 Å². The highest BCUT2D eigenvalue weighted by Crippen LogP contribution is 2.42. The summed E-state index contributed by atoms with van der Waals surface area (Å²) in [6.07, 6.45) is 0. The van der Waals surface area contributed by atoms with Gasteiger partial charge in [-0.15, -0.1) is 0 Å². The van der Waals surface area contributed by atoms with Crippen LogP contribution >= 0.6 is 0 Å². The lowest BCUT2D eigenvalue weighted by Crippen LogP contribution is -2.06. The van der Waals surface area contributed by atoms with Gasteiger partial charge in [-0.2, -0.15) is 10.5 Å². The lowest BCUT2D eigenvalue weighted by Gasteiger charge is -2.20. The molecule has 44 heavy (non-hydrogen) atoms. The normalized spacial score (nSPS) is 11.4. The van der Waals surface area contributed by atoms with Crippen LogP contribution in [0, 0.1) is 36.5 Å². The summed E-state index contributed by atoms with van der Waals surface area (Å²) >= 11 is 0. The maximum atomic E-state index is 10.6. The summed E-state index contributed by atoms with van der Waals surface area (Å²) < 4.78 is 4.68. The van der Waals surface area contributed by atoms with Crippen molar-refractivity contribution in [3.05, 3.63) is 144 Å². The van der Waals surface area contributed by atoms with Crippen LogP contribution in [0.3, 0.4) is 0 Å². The van der Waals surface area contributed by atoms with Crippen LogP contribution in [0.25, 0.3) is 66.1 Å². The fourth-order valence-electron chi connectivity index (χ4n) is 6.90. The largest absolute Gasteiger partial charge is 0.307 e. The van der Waals surface area contributed by atoms with Crippen molar-refractivity contribution < 1.29 is 0 Å². The van der Waals surface area contributed by atoms with Crippen LogP contribution in [0.4, 0.5) is 0 Å². The monoisotopic (exact) mass is 562 g/mol. The van der Waals surface area contributed by atoms with E-state index in [-0.39, 0.29) is 0 Å². The van der Waals surface area contributed by atoms with Gasteiger partial charge in [0.25, 0.3) is 0 Å². The van der Waals surface area contributed by atoms with Crippen molar-refractivity contribution in [2.75, 3.05) is 0 Å². The smallest absolute Gasteiger partial charge is 0.0998 e. The van der Waals surface area contributed by atoms with E-state index >= 15 is 0 Å². The molecule has 0 atom stereocenters. The zero-order valence-corrected chi connectivity index (χ0v) is 24.3. The minimum atomic E-state index is 0.552. The second-order valence-electron chi connectivity index (χ2n) is 11.3. The Morgan fingerprint density at radius 2 is 1.02 bits per heavy atom. The third kappa shape index (κ3) is 3.62. The summed E-state index contributed by atoms with van der Waals surface area (Å²) in [5.41, 5.74) is 11.4. The van der Waals surface area contributed by atoms with E-state index in [1.165, 1.54) is 27.1 Å². The van der Waals surface area contributed by atoms with Gasteiger partial charge in [-0.25, -0.2) is 0 Å². The first-order valence-electron chi connectivity index (χ1n) is 14.7. The number of benzene rings is 6. The highest BCUT2D eigenvalue weighted by Gasteiger charge is 2.23. The van der Waals surface area contributed by atoms with Crippen molar-refractivity contribution in [2.45, 2.75) is 13.8 Å². The van der Waals surface area contributed by atoms with Crippen LogP contribution in [0.5, 0.6) is 0 Å². The Bertz CT molecular complexity index is 2550. The van der Waals surface area contributed by atoms with Crippen molar-refractivity contribution in [3.63, 3.8) is 0 Å². The highest BCUT2D eigenvalue weighted by molar-refractivity contribution is 6.12. The molecule has 8 aromatic rings. The molecular weight excluding hydrogens is 536 g/mol. The number of para-hydroxylation sites is 4. The number of hydrogen-bond acceptors (Lipinski definition) is 2. The standard InChI is InChI=1S/C40H26N4/c1-25-10-7-16-32-30-14-3-5-18-35(30)43(39(25)32)37-21-29(24-42)34(28-13-9-12-27(20-28)23-41)22-38(37)44-36-19-6-4-15-31(36)33-17-8-11-26(2)40(33)44/h3-22H,1-2H3. The summed E-state index contributed by atoms with van der Waals surface area (Å²) in [5, 5.41) is 25.0. The Labute approximate surface area is 254 Å². The van der Waals surface area contributed by atoms with Gasteiger partial charge >= 0.3 is 0 Å². The van der Waals surface area contributed by atoms with Gasteiger partial charge in [-0.1, -0.05) is 84.9 Å². The van der Waals surface area contributed by atoms with Crippen molar-refractivity contribution in [2.24, 2.45) is 0 Å². The summed E-state index contributed by atoms with van der Waals surface area (Å²) in [5.74, 6) is 0. The predicted octanol–water partition coefficient (Wildman–Crippen LogP) is 9.91. The molecule has 0 saturated carbocycles. The Kier molecular flexibility index (Phi) is 5.66. The molecule has 0 saturated heterocycles. The van der Waals surface area contributed by atoms with Crippen LogP contribution in [0.1, 0.15) is 22.3 Å². The molecule has 0 fully saturated rings. The number of nitriles is 2. The molecule has 4 nitrogen and oxygen atoms in total. The molecule has 0 amide bonds. The van der Waals surface area contributed by atoms with Crippen molar-refractivity contribution in [3.8, 4) is 34.6 Å². The molecule has 2 aromatic heterocycles. The molecule has 0 spiro atoms. The number of fused-ring (bicyclic) bond motifs is 6. The third-order valence-corrected chi connectivity index (χ3v) is 8.81. The maximum absolute atomic E-state index is 10.6. The van der Waals surface area contributed by atoms with E-state index in [4.69, 9.17) is 0 Å². The second-order valence-corrected chi connectivity index (χ2v) is 11.3. The van der Waals surface area contributed by atoms with Crippen LogP contribution in [0.2, 0.25) is 0 Å². The van der Waals surface area contributed by atoms with E-state index in [2.05, 4.69) is 126 Å². The Balaban J connectivity index is 1.61. The molecule has 0 N–H and O–H groups in total. The van der Waals surface area contributed by atoms with Gasteiger partial charge in [-0.05, 0) is 66.9 Å². The fraction of sp³-hybridized carbons (Fsp3) is 0.0500. The van der Waals surface area contributed by atoms with Gasteiger partial charge in [0.05, 0.1) is 56.7 Å². The molecule has 206 valence electrons. The van der Waals surface area contributed by atoms with Gasteiger partial charge in [0.1, 0.15) is 0 Å². The zero-order valence-electron chi connectivity index (χ0n) is 24.3. The topological polar surface area (TPSA) is 57.4 Å². The van der Waals surface area contributed by atoms with Gasteiger partial charge in [-0.3, -0.25) is 0 Å². The Hall–Kier alpha value is -6.10. The zero-order chi connectivity index (χ0) is 29.9. The molecular formula is C40H26N4. The van der Waals surface area contributed by atoms with Gasteiger partial charge in [0.15, 0.2) is 0 Å². The predicted molar refractivity (Wildman–Crippen MR) is 179 cm³/mol. The van der Waals surface area contributed by atoms with Crippen LogP contribution < -0.4 is 0 Å². The first kappa shape index (κ1) is 25.6. The van der Waals surface area contributed by atoms with E-state index in [9.17, 15) is 10.5 Å². The van der Waals surface area contributed by atoms with E-state index in [0.717, 1.165) is 50.1 Å². The third-order valence-electron chi connectivity index (χ3n) is 8.81. The average molecular weight is 563 g/mol. The molecule has 0 aliphatic carbocycles. The van der Waals surface area contributed by atoms with Crippen molar-refractivity contribution in [1.29, 1.82) is 10.5 Å². The first-order valence-corrected chi connectivity index (χ1v) is 14.7. The van der Waals surface area contributed by atoms with Crippen LogP contribution in [-0.4, -0.2) is 9.13 Å². The molecule has 0 aliphatic heterocycles. The summed E-state index contributed by atoms with van der Waals surface area (Å²) in [6.45, 7) is 4.30. The Morgan fingerprint density at radius 3 is 1.59 bits per heavy atom. The van der Waals surface area contributed by atoms with Gasteiger partial charge < -0.3 is 9.13 Å². The first-order chi connectivity index (χ1) is 21.6. The minimum Gasteiger partial charge on any atom is -0.307 e. The lowest BCUT2D eigenvalue weighted by atomic mass is 9.96. The van der Waals surface area contributed by atoms with Crippen molar-refractivity contribution >= 4 is 43.6 Å². The number of aromatic nitrogens is 2. The second kappa shape index (κ2) is 9.73. The molecule has 8 rings (SSSR count). The number of aryl methyl sites for hydroxylation is 2. The fourth-order valence-corrected chi connectivity index (χ4v) is 6.90. The summed E-state index contributed by atoms with van der Waals surface area (Å²) in [4.78, 5) is 0. The van der Waals surface area contributed by atoms with Crippen LogP contribution in [0.15, 0.2) is 121 Å².